The van der Waals surface area contributed by atoms with Crippen LogP contribution < -0.4 is 14.8 Å². The number of carbonyl (C=O) groups is 1. The lowest BCUT2D eigenvalue weighted by Crippen LogP contribution is -2.12. The third-order valence-electron chi connectivity index (χ3n) is 2.84. The van der Waals surface area contributed by atoms with E-state index < -0.39 is 12.5 Å². The number of benzene rings is 2. The maximum absolute atomic E-state index is 12.4. The topological polar surface area (TPSA) is 67.8 Å². The van der Waals surface area contributed by atoms with E-state index in [1.54, 1.807) is 6.07 Å². The maximum atomic E-state index is 12.4. The number of ether oxygens (including phenoxy) is 2. The molecular weight excluding hydrogens is 376 g/mol. The van der Waals surface area contributed by atoms with Crippen LogP contribution in [0.5, 0.6) is 17.2 Å². The Morgan fingerprint density at radius 2 is 1.96 bits per heavy atom. The molecule has 0 unspecified atom stereocenters. The fourth-order valence-electron chi connectivity index (χ4n) is 1.83. The van der Waals surface area contributed by atoms with Gasteiger partial charge in [0.2, 0.25) is 0 Å². The average molecular weight is 388 g/mol. The third kappa shape index (κ3) is 4.32. The van der Waals surface area contributed by atoms with Crippen molar-refractivity contribution >= 4 is 27.5 Å². The molecule has 0 fully saturated rings. The number of hydrogen-bond acceptors (Lipinski definition) is 4. The van der Waals surface area contributed by atoms with E-state index in [2.05, 4.69) is 26.0 Å². The maximum Gasteiger partial charge on any atom is 0.387 e. The van der Waals surface area contributed by atoms with E-state index in [1.165, 1.54) is 37.4 Å². The predicted molar refractivity (Wildman–Crippen MR) is 83.4 cm³/mol. The highest BCUT2D eigenvalue weighted by atomic mass is 79.9. The number of rotatable bonds is 5. The minimum absolute atomic E-state index is 0.0338. The van der Waals surface area contributed by atoms with Crippen LogP contribution in [0.2, 0.25) is 0 Å². The number of phenols is 1. The molecule has 0 saturated carbocycles. The summed E-state index contributed by atoms with van der Waals surface area (Å²) >= 11 is 3.20. The Labute approximate surface area is 139 Å². The number of anilines is 1. The van der Waals surface area contributed by atoms with Gasteiger partial charge < -0.3 is 19.9 Å². The second kappa shape index (κ2) is 7.28. The summed E-state index contributed by atoms with van der Waals surface area (Å²) in [5, 5.41) is 12.2. The lowest BCUT2D eigenvalue weighted by Gasteiger charge is -2.12. The van der Waals surface area contributed by atoms with Crippen molar-refractivity contribution in [2.45, 2.75) is 6.61 Å². The van der Waals surface area contributed by atoms with Crippen molar-refractivity contribution in [1.29, 1.82) is 0 Å². The van der Waals surface area contributed by atoms with Gasteiger partial charge in [-0.25, -0.2) is 0 Å². The van der Waals surface area contributed by atoms with Crippen LogP contribution in [0.25, 0.3) is 0 Å². The van der Waals surface area contributed by atoms with Gasteiger partial charge >= 0.3 is 6.61 Å². The number of phenolic OH excluding ortho intramolecular Hbond substituents is 1. The van der Waals surface area contributed by atoms with Crippen molar-refractivity contribution in [2.24, 2.45) is 0 Å². The van der Waals surface area contributed by atoms with Crippen LogP contribution in [0, 0.1) is 0 Å². The van der Waals surface area contributed by atoms with Crippen LogP contribution in [-0.2, 0) is 0 Å². The molecule has 0 bridgehead atoms. The number of alkyl halides is 2. The zero-order valence-corrected chi connectivity index (χ0v) is 13.4. The van der Waals surface area contributed by atoms with E-state index in [0.717, 1.165) is 0 Å². The Balaban J connectivity index is 2.25. The first-order chi connectivity index (χ1) is 10.9. The highest BCUT2D eigenvalue weighted by Crippen LogP contribution is 2.32. The summed E-state index contributed by atoms with van der Waals surface area (Å²) in [6.45, 7) is -3.02. The summed E-state index contributed by atoms with van der Waals surface area (Å²) in [7, 11) is 1.31. The van der Waals surface area contributed by atoms with Gasteiger partial charge in [-0.3, -0.25) is 4.79 Å². The molecule has 2 aromatic rings. The standard InChI is InChI=1S/C15H12BrF2NO4/c1-22-12-5-3-9(7-13(12)23-15(17)18)19-14(21)10-6-8(16)2-4-11(10)20/h2-7,15,20H,1H3,(H,19,21). The van der Waals surface area contributed by atoms with Crippen molar-refractivity contribution in [3.63, 3.8) is 0 Å². The van der Waals surface area contributed by atoms with Crippen LogP contribution in [0.15, 0.2) is 40.9 Å². The lowest BCUT2D eigenvalue weighted by molar-refractivity contribution is -0.0511. The number of methoxy groups -OCH3 is 1. The van der Waals surface area contributed by atoms with Crippen molar-refractivity contribution < 1.29 is 28.2 Å². The first-order valence-corrected chi connectivity index (χ1v) is 7.12. The minimum atomic E-state index is -3.02. The molecule has 5 nitrogen and oxygen atoms in total. The zero-order chi connectivity index (χ0) is 17.0. The predicted octanol–water partition coefficient (Wildman–Crippen LogP) is 4.02. The van der Waals surface area contributed by atoms with Crippen LogP contribution >= 0.6 is 15.9 Å². The molecule has 2 N–H and O–H groups in total. The Hall–Kier alpha value is -2.35. The second-order valence-corrected chi connectivity index (χ2v) is 5.28. The van der Waals surface area contributed by atoms with Gasteiger partial charge in [-0.15, -0.1) is 0 Å². The quantitative estimate of drug-likeness (QED) is 0.812. The van der Waals surface area contributed by atoms with E-state index in [9.17, 15) is 18.7 Å². The van der Waals surface area contributed by atoms with Crippen molar-refractivity contribution in [1.82, 2.24) is 0 Å². The molecule has 0 spiro atoms. The highest BCUT2D eigenvalue weighted by Gasteiger charge is 2.15. The minimum Gasteiger partial charge on any atom is -0.507 e. The number of hydrogen-bond donors (Lipinski definition) is 2. The summed E-state index contributed by atoms with van der Waals surface area (Å²) in [5.41, 5.74) is 0.248. The first-order valence-electron chi connectivity index (χ1n) is 6.33. The summed E-state index contributed by atoms with van der Waals surface area (Å²) in [4.78, 5) is 12.2. The molecule has 2 aromatic carbocycles. The number of amides is 1. The van der Waals surface area contributed by atoms with Crippen LogP contribution in [-0.4, -0.2) is 24.7 Å². The molecule has 0 aromatic heterocycles. The molecular formula is C15H12BrF2NO4. The molecule has 122 valence electrons. The van der Waals surface area contributed by atoms with Crippen molar-refractivity contribution in [3.05, 3.63) is 46.4 Å². The summed E-state index contributed by atoms with van der Waals surface area (Å²) < 4.78 is 34.6. The van der Waals surface area contributed by atoms with E-state index in [4.69, 9.17) is 4.74 Å². The SMILES string of the molecule is COc1ccc(NC(=O)c2cc(Br)ccc2O)cc1OC(F)F. The number of carbonyl (C=O) groups excluding carboxylic acids is 1. The molecule has 0 aliphatic carbocycles. The van der Waals surface area contributed by atoms with Crippen molar-refractivity contribution in [2.75, 3.05) is 12.4 Å². The molecule has 0 aliphatic heterocycles. The zero-order valence-electron chi connectivity index (χ0n) is 11.8. The van der Waals surface area contributed by atoms with Crippen LogP contribution in [0.1, 0.15) is 10.4 Å². The summed E-state index contributed by atoms with van der Waals surface area (Å²) in [6, 6.07) is 8.42. The van der Waals surface area contributed by atoms with E-state index >= 15 is 0 Å². The largest absolute Gasteiger partial charge is 0.507 e. The van der Waals surface area contributed by atoms with Gasteiger partial charge in [0, 0.05) is 16.2 Å². The smallest absolute Gasteiger partial charge is 0.387 e. The van der Waals surface area contributed by atoms with Crippen LogP contribution in [0.3, 0.4) is 0 Å². The van der Waals surface area contributed by atoms with E-state index in [0.29, 0.717) is 4.47 Å². The fraction of sp³-hybridized carbons (Fsp3) is 0.133. The third-order valence-corrected chi connectivity index (χ3v) is 3.33. The van der Waals surface area contributed by atoms with Crippen LogP contribution in [0.4, 0.5) is 14.5 Å². The van der Waals surface area contributed by atoms with Gasteiger partial charge in [-0.2, -0.15) is 8.78 Å². The summed E-state index contributed by atoms with van der Waals surface area (Å²) in [6.07, 6.45) is 0. The van der Waals surface area contributed by atoms with Gasteiger partial charge in [0.25, 0.3) is 5.91 Å². The number of halogens is 3. The van der Waals surface area contributed by atoms with Gasteiger partial charge in [0.15, 0.2) is 11.5 Å². The lowest BCUT2D eigenvalue weighted by atomic mass is 10.2. The number of nitrogens with one attached hydrogen (secondary N) is 1. The molecule has 0 saturated heterocycles. The second-order valence-electron chi connectivity index (χ2n) is 4.36. The first kappa shape index (κ1) is 17.0. The molecule has 0 heterocycles. The normalized spacial score (nSPS) is 10.5. The van der Waals surface area contributed by atoms with Crippen molar-refractivity contribution in [3.8, 4) is 17.2 Å². The molecule has 0 radical (unpaired) electrons. The van der Waals surface area contributed by atoms with E-state index in [-0.39, 0.29) is 28.5 Å². The van der Waals surface area contributed by atoms with Gasteiger partial charge in [0.05, 0.1) is 12.7 Å². The Morgan fingerprint density at radius 1 is 1.22 bits per heavy atom. The Kier molecular flexibility index (Phi) is 5.38. The molecule has 2 rings (SSSR count). The fourth-order valence-corrected chi connectivity index (χ4v) is 2.19. The molecule has 23 heavy (non-hydrogen) atoms. The Morgan fingerprint density at radius 3 is 2.61 bits per heavy atom. The summed E-state index contributed by atoms with van der Waals surface area (Å²) in [5.74, 6) is -0.910. The van der Waals surface area contributed by atoms with Gasteiger partial charge in [0.1, 0.15) is 5.75 Å². The average Bonchev–Trinajstić information content (AvgIpc) is 2.49. The molecule has 8 heteroatoms. The molecule has 0 atom stereocenters. The monoisotopic (exact) mass is 387 g/mol. The molecule has 1 amide bonds. The van der Waals surface area contributed by atoms with E-state index in [1.807, 2.05) is 0 Å². The Bertz CT molecular complexity index is 725. The highest BCUT2D eigenvalue weighted by molar-refractivity contribution is 9.10. The number of aromatic hydroxyl groups is 1. The molecule has 0 aliphatic rings. The van der Waals surface area contributed by atoms with Gasteiger partial charge in [-0.1, -0.05) is 15.9 Å². The van der Waals surface area contributed by atoms with Gasteiger partial charge in [-0.05, 0) is 30.3 Å².